The normalized spacial score (nSPS) is 11.2. The van der Waals surface area contributed by atoms with Gasteiger partial charge in [-0.15, -0.1) is 23.1 Å². The summed E-state index contributed by atoms with van der Waals surface area (Å²) in [6.07, 6.45) is 0.518. The van der Waals surface area contributed by atoms with Crippen molar-refractivity contribution in [1.29, 1.82) is 0 Å². The Labute approximate surface area is 148 Å². The zero-order chi connectivity index (χ0) is 17.3. The molecule has 0 bridgehead atoms. The molecule has 0 unspecified atom stereocenters. The molecule has 0 atom stereocenters. The zero-order valence-electron chi connectivity index (χ0n) is 13.7. The van der Waals surface area contributed by atoms with Crippen LogP contribution in [0.5, 0.6) is 0 Å². The Bertz CT molecular complexity index is 904. The molecule has 2 aromatic heterocycles. The highest BCUT2D eigenvalue weighted by molar-refractivity contribution is 7.99. The monoisotopic (exact) mass is 360 g/mol. The lowest BCUT2D eigenvalue weighted by molar-refractivity contribution is -0.116. The Morgan fingerprint density at radius 1 is 1.21 bits per heavy atom. The minimum atomic E-state index is -0.251. The summed E-state index contributed by atoms with van der Waals surface area (Å²) in [4.78, 5) is 22.4. The molecule has 0 saturated carbocycles. The highest BCUT2D eigenvalue weighted by atomic mass is 32.2. The highest BCUT2D eigenvalue weighted by Crippen LogP contribution is 2.41. The molecule has 0 aliphatic rings. The summed E-state index contributed by atoms with van der Waals surface area (Å²) in [5.41, 5.74) is 2.02. The number of thiophene rings is 1. The number of hydrogen-bond donors (Lipinski definition) is 0. The smallest absolute Gasteiger partial charge is 0.130 e. The number of benzene rings is 1. The molecule has 3 aromatic rings. The van der Waals surface area contributed by atoms with Crippen molar-refractivity contribution in [3.05, 3.63) is 40.8 Å². The van der Waals surface area contributed by atoms with E-state index in [0.29, 0.717) is 12.2 Å². The lowest BCUT2D eigenvalue weighted by Crippen LogP contribution is -1.95. The van der Waals surface area contributed by atoms with Gasteiger partial charge in [-0.05, 0) is 38.5 Å². The molecule has 0 aliphatic heterocycles. The van der Waals surface area contributed by atoms with Crippen LogP contribution in [0.25, 0.3) is 21.3 Å². The van der Waals surface area contributed by atoms with Gasteiger partial charge in [0.1, 0.15) is 27.3 Å². The number of fused-ring (bicyclic) bond motifs is 1. The van der Waals surface area contributed by atoms with Crippen LogP contribution in [0.4, 0.5) is 4.39 Å². The average Bonchev–Trinajstić information content (AvgIpc) is 2.83. The van der Waals surface area contributed by atoms with Crippen molar-refractivity contribution in [3.8, 4) is 11.1 Å². The zero-order valence-corrected chi connectivity index (χ0v) is 15.4. The van der Waals surface area contributed by atoms with Crippen molar-refractivity contribution in [2.75, 3.05) is 5.75 Å². The van der Waals surface area contributed by atoms with Crippen molar-refractivity contribution in [2.24, 2.45) is 0 Å². The number of halogens is 1. The molecule has 0 N–H and O–H groups in total. The van der Waals surface area contributed by atoms with Crippen LogP contribution < -0.4 is 0 Å². The third-order valence-corrected chi connectivity index (χ3v) is 5.61. The van der Waals surface area contributed by atoms with E-state index in [0.717, 1.165) is 37.1 Å². The molecular formula is C18H17FN2OS2. The fraction of sp³-hybridized carbons (Fsp3) is 0.278. The number of nitrogens with zero attached hydrogens (tertiary/aromatic N) is 2. The second-order valence-electron chi connectivity index (χ2n) is 5.60. The molecule has 6 heteroatoms. The first-order chi connectivity index (χ1) is 11.5. The Kier molecular flexibility index (Phi) is 4.96. The quantitative estimate of drug-likeness (QED) is 0.464. The van der Waals surface area contributed by atoms with Crippen LogP contribution in [0.1, 0.15) is 24.0 Å². The van der Waals surface area contributed by atoms with Gasteiger partial charge in [0.25, 0.3) is 0 Å². The van der Waals surface area contributed by atoms with Gasteiger partial charge in [-0.25, -0.2) is 14.4 Å². The van der Waals surface area contributed by atoms with Crippen molar-refractivity contribution < 1.29 is 9.18 Å². The van der Waals surface area contributed by atoms with E-state index in [1.807, 2.05) is 13.8 Å². The maximum atomic E-state index is 13.3. The van der Waals surface area contributed by atoms with Crippen molar-refractivity contribution in [1.82, 2.24) is 9.97 Å². The van der Waals surface area contributed by atoms with Crippen molar-refractivity contribution >= 4 is 39.1 Å². The summed E-state index contributed by atoms with van der Waals surface area (Å²) < 4.78 is 13.3. The third kappa shape index (κ3) is 3.49. The molecule has 2 heterocycles. The number of hydrogen-bond acceptors (Lipinski definition) is 5. The number of carbonyl (C=O) groups is 1. The van der Waals surface area contributed by atoms with Gasteiger partial charge in [0, 0.05) is 22.6 Å². The first-order valence-electron chi connectivity index (χ1n) is 7.61. The number of carbonyl (C=O) groups excluding carboxylic acids is 1. The SMILES string of the molecule is CC(=O)CCSc1nc(C)nc2sc(C)c(-c3ccc(F)cc3)c12. The predicted molar refractivity (Wildman–Crippen MR) is 98.3 cm³/mol. The number of aromatic nitrogens is 2. The van der Waals surface area contributed by atoms with Gasteiger partial charge < -0.3 is 0 Å². The first kappa shape index (κ1) is 17.0. The van der Waals surface area contributed by atoms with Crippen LogP contribution in [-0.2, 0) is 4.79 Å². The van der Waals surface area contributed by atoms with Gasteiger partial charge in [-0.1, -0.05) is 12.1 Å². The Morgan fingerprint density at radius 3 is 2.58 bits per heavy atom. The molecular weight excluding hydrogens is 343 g/mol. The van der Waals surface area contributed by atoms with Crippen LogP contribution in [0, 0.1) is 19.7 Å². The van der Waals surface area contributed by atoms with Crippen LogP contribution in [0.15, 0.2) is 29.3 Å². The van der Waals surface area contributed by atoms with Gasteiger partial charge in [0.2, 0.25) is 0 Å². The van der Waals surface area contributed by atoms with E-state index < -0.39 is 0 Å². The minimum Gasteiger partial charge on any atom is -0.300 e. The summed E-state index contributed by atoms with van der Waals surface area (Å²) in [5.74, 6) is 1.34. The van der Waals surface area contributed by atoms with E-state index in [9.17, 15) is 9.18 Å². The maximum absolute atomic E-state index is 13.3. The molecule has 3 rings (SSSR count). The molecule has 0 saturated heterocycles. The van der Waals surface area contributed by atoms with Gasteiger partial charge in [0.05, 0.1) is 5.39 Å². The minimum absolute atomic E-state index is 0.171. The largest absolute Gasteiger partial charge is 0.300 e. The van der Waals surface area contributed by atoms with E-state index in [2.05, 4.69) is 9.97 Å². The molecule has 0 aliphatic carbocycles. The number of ketones is 1. The molecule has 1 aromatic carbocycles. The Morgan fingerprint density at radius 2 is 1.92 bits per heavy atom. The van der Waals surface area contributed by atoms with E-state index in [1.54, 1.807) is 42.2 Å². The number of aryl methyl sites for hydroxylation is 2. The van der Waals surface area contributed by atoms with Crippen LogP contribution in [0.2, 0.25) is 0 Å². The van der Waals surface area contributed by atoms with Gasteiger partial charge >= 0.3 is 0 Å². The Hall–Kier alpha value is -1.79. The second kappa shape index (κ2) is 6.99. The summed E-state index contributed by atoms with van der Waals surface area (Å²) >= 11 is 3.20. The third-order valence-electron chi connectivity index (χ3n) is 3.63. The average molecular weight is 360 g/mol. The number of Topliss-reactive ketones (excluding diaryl/α,β-unsaturated/α-hetero) is 1. The molecule has 0 fully saturated rings. The summed E-state index contributed by atoms with van der Waals surface area (Å²) in [6, 6.07) is 6.51. The van der Waals surface area contributed by atoms with Gasteiger partial charge in [-0.3, -0.25) is 4.79 Å². The fourth-order valence-electron chi connectivity index (χ4n) is 2.54. The lowest BCUT2D eigenvalue weighted by Gasteiger charge is -2.07. The lowest BCUT2D eigenvalue weighted by atomic mass is 10.0. The van der Waals surface area contributed by atoms with Crippen molar-refractivity contribution in [3.63, 3.8) is 0 Å². The topological polar surface area (TPSA) is 42.9 Å². The molecule has 0 radical (unpaired) electrons. The van der Waals surface area contributed by atoms with Crippen LogP contribution in [0.3, 0.4) is 0 Å². The molecule has 24 heavy (non-hydrogen) atoms. The molecule has 0 amide bonds. The number of rotatable bonds is 5. The predicted octanol–water partition coefficient (Wildman–Crippen LogP) is 5.19. The second-order valence-corrected chi connectivity index (χ2v) is 7.88. The molecule has 124 valence electrons. The van der Waals surface area contributed by atoms with Crippen molar-refractivity contribution in [2.45, 2.75) is 32.2 Å². The molecule has 3 nitrogen and oxygen atoms in total. The number of thioether (sulfide) groups is 1. The summed E-state index contributed by atoms with van der Waals surface area (Å²) in [6.45, 7) is 5.52. The standard InChI is InChI=1S/C18H17FN2OS2/c1-10(22)8-9-23-17-16-15(13-4-6-14(19)7-5-13)11(2)24-18(16)21-12(3)20-17/h4-7H,8-9H2,1-3H3. The first-order valence-corrected chi connectivity index (χ1v) is 9.42. The van der Waals surface area contributed by atoms with Gasteiger partial charge in [-0.2, -0.15) is 0 Å². The highest BCUT2D eigenvalue weighted by Gasteiger charge is 2.18. The van der Waals surface area contributed by atoms with E-state index in [4.69, 9.17) is 0 Å². The van der Waals surface area contributed by atoms with Crippen LogP contribution >= 0.6 is 23.1 Å². The molecule has 0 spiro atoms. The Balaban J connectivity index is 2.13. The van der Waals surface area contributed by atoms with Crippen LogP contribution in [-0.4, -0.2) is 21.5 Å². The van der Waals surface area contributed by atoms with E-state index in [-0.39, 0.29) is 11.6 Å². The summed E-state index contributed by atoms with van der Waals surface area (Å²) in [5, 5.41) is 1.89. The van der Waals surface area contributed by atoms with Gasteiger partial charge in [0.15, 0.2) is 0 Å². The fourth-order valence-corrected chi connectivity index (χ4v) is 4.82. The summed E-state index contributed by atoms with van der Waals surface area (Å²) in [7, 11) is 0. The maximum Gasteiger partial charge on any atom is 0.130 e. The van der Waals surface area contributed by atoms with E-state index in [1.165, 1.54) is 12.1 Å². The van der Waals surface area contributed by atoms with E-state index >= 15 is 0 Å².